The fourth-order valence-electron chi connectivity index (χ4n) is 4.39. The SMILES string of the molecule is Cn1nc(C2CCN(S(=O)(=O)c3ccc(Br)cc3)CC2)n(C2CCCC2)c1=O. The minimum atomic E-state index is -3.49. The van der Waals surface area contributed by atoms with Gasteiger partial charge < -0.3 is 0 Å². The molecule has 2 heterocycles. The van der Waals surface area contributed by atoms with Crippen molar-refractivity contribution in [1.29, 1.82) is 0 Å². The minimum Gasteiger partial charge on any atom is -0.276 e. The van der Waals surface area contributed by atoms with Gasteiger partial charge in [0.25, 0.3) is 0 Å². The summed E-state index contributed by atoms with van der Waals surface area (Å²) in [6, 6.07) is 6.98. The summed E-state index contributed by atoms with van der Waals surface area (Å²) in [6.07, 6.45) is 5.70. The first-order valence-corrected chi connectivity index (χ1v) is 12.0. The highest BCUT2D eigenvalue weighted by molar-refractivity contribution is 9.10. The largest absolute Gasteiger partial charge is 0.345 e. The Hall–Kier alpha value is -1.45. The fourth-order valence-corrected chi connectivity index (χ4v) is 6.13. The Morgan fingerprint density at radius 2 is 1.64 bits per heavy atom. The van der Waals surface area contributed by atoms with Gasteiger partial charge in [-0.05, 0) is 49.9 Å². The van der Waals surface area contributed by atoms with Gasteiger partial charge in [-0.25, -0.2) is 17.9 Å². The van der Waals surface area contributed by atoms with E-state index in [1.165, 1.54) is 4.68 Å². The number of nitrogens with zero attached hydrogens (tertiary/aromatic N) is 4. The van der Waals surface area contributed by atoms with Crippen molar-refractivity contribution < 1.29 is 8.42 Å². The van der Waals surface area contributed by atoms with Crippen molar-refractivity contribution in [2.75, 3.05) is 13.1 Å². The average Bonchev–Trinajstić information content (AvgIpc) is 3.31. The molecule has 2 aromatic rings. The number of aryl methyl sites for hydroxylation is 1. The Morgan fingerprint density at radius 1 is 1.04 bits per heavy atom. The molecule has 0 N–H and O–H groups in total. The topological polar surface area (TPSA) is 77.2 Å². The zero-order valence-electron chi connectivity index (χ0n) is 15.9. The second-order valence-corrected chi connectivity index (χ2v) is 10.6. The summed E-state index contributed by atoms with van der Waals surface area (Å²) in [5, 5.41) is 4.53. The third-order valence-corrected chi connectivity index (χ3v) is 8.38. The monoisotopic (exact) mass is 468 g/mol. The molecule has 0 unspecified atom stereocenters. The standard InChI is InChI=1S/C19H25BrN4O3S/c1-22-19(25)24(16-4-2-3-5-16)18(21-22)14-10-12-23(13-11-14)28(26,27)17-8-6-15(20)7-9-17/h6-9,14,16H,2-5,10-13H2,1H3. The predicted octanol–water partition coefficient (Wildman–Crippen LogP) is 3.03. The molecule has 0 spiro atoms. The molecule has 1 aromatic carbocycles. The van der Waals surface area contributed by atoms with Crippen molar-refractivity contribution >= 4 is 26.0 Å². The lowest BCUT2D eigenvalue weighted by atomic mass is 9.97. The van der Waals surface area contributed by atoms with E-state index in [0.29, 0.717) is 30.8 Å². The van der Waals surface area contributed by atoms with Crippen molar-refractivity contribution in [3.63, 3.8) is 0 Å². The number of aromatic nitrogens is 3. The lowest BCUT2D eigenvalue weighted by Gasteiger charge is -2.31. The quantitative estimate of drug-likeness (QED) is 0.690. The number of hydrogen-bond donors (Lipinski definition) is 0. The first-order valence-electron chi connectivity index (χ1n) is 9.79. The zero-order valence-corrected chi connectivity index (χ0v) is 18.3. The van der Waals surface area contributed by atoms with Gasteiger partial charge >= 0.3 is 5.69 Å². The van der Waals surface area contributed by atoms with Crippen LogP contribution in [0.3, 0.4) is 0 Å². The second kappa shape index (κ2) is 7.76. The molecular formula is C19H25BrN4O3S. The van der Waals surface area contributed by atoms with Crippen LogP contribution in [-0.2, 0) is 17.1 Å². The number of halogens is 1. The molecule has 9 heteroatoms. The molecule has 1 saturated carbocycles. The predicted molar refractivity (Wildman–Crippen MR) is 110 cm³/mol. The summed E-state index contributed by atoms with van der Waals surface area (Å²) in [7, 11) is -1.80. The Balaban J connectivity index is 1.53. The smallest absolute Gasteiger partial charge is 0.276 e. The molecule has 7 nitrogen and oxygen atoms in total. The highest BCUT2D eigenvalue weighted by Gasteiger charge is 2.34. The summed E-state index contributed by atoms with van der Waals surface area (Å²) < 4.78 is 31.5. The normalized spacial score (nSPS) is 20.1. The number of rotatable bonds is 4. The van der Waals surface area contributed by atoms with E-state index in [9.17, 15) is 13.2 Å². The highest BCUT2D eigenvalue weighted by atomic mass is 79.9. The molecule has 1 aromatic heterocycles. The molecule has 28 heavy (non-hydrogen) atoms. The van der Waals surface area contributed by atoms with E-state index in [4.69, 9.17) is 0 Å². The summed E-state index contributed by atoms with van der Waals surface area (Å²) in [5.74, 6) is 0.950. The van der Waals surface area contributed by atoms with Gasteiger partial charge in [-0.3, -0.25) is 4.57 Å². The molecule has 4 rings (SSSR count). The van der Waals surface area contributed by atoms with Crippen LogP contribution in [0.4, 0.5) is 0 Å². The van der Waals surface area contributed by atoms with Crippen molar-refractivity contribution in [2.24, 2.45) is 7.05 Å². The van der Waals surface area contributed by atoms with Gasteiger partial charge in [-0.15, -0.1) is 0 Å². The molecular weight excluding hydrogens is 444 g/mol. The Morgan fingerprint density at radius 3 is 2.25 bits per heavy atom. The summed E-state index contributed by atoms with van der Waals surface area (Å²) >= 11 is 3.34. The third-order valence-electron chi connectivity index (χ3n) is 5.94. The first kappa shape index (κ1) is 19.8. The summed E-state index contributed by atoms with van der Waals surface area (Å²) in [5.41, 5.74) is -0.0492. The van der Waals surface area contributed by atoms with Crippen LogP contribution < -0.4 is 5.69 Å². The summed E-state index contributed by atoms with van der Waals surface area (Å²) in [4.78, 5) is 12.9. The van der Waals surface area contributed by atoms with Gasteiger partial charge in [-0.2, -0.15) is 9.40 Å². The van der Waals surface area contributed by atoms with E-state index in [1.807, 2.05) is 4.57 Å². The molecule has 0 bridgehead atoms. The lowest BCUT2D eigenvalue weighted by Crippen LogP contribution is -2.38. The maximum atomic E-state index is 12.9. The maximum absolute atomic E-state index is 12.9. The van der Waals surface area contributed by atoms with Gasteiger partial charge in [-0.1, -0.05) is 28.8 Å². The van der Waals surface area contributed by atoms with Crippen LogP contribution in [0.25, 0.3) is 0 Å². The second-order valence-electron chi connectivity index (χ2n) is 7.70. The first-order chi connectivity index (χ1) is 13.4. The van der Waals surface area contributed by atoms with E-state index < -0.39 is 10.0 Å². The van der Waals surface area contributed by atoms with Crippen LogP contribution in [0, 0.1) is 0 Å². The molecule has 2 fully saturated rings. The Labute approximate surface area is 173 Å². The van der Waals surface area contributed by atoms with Crippen LogP contribution in [0.1, 0.15) is 56.3 Å². The minimum absolute atomic E-state index is 0.0492. The molecule has 1 aliphatic carbocycles. The van der Waals surface area contributed by atoms with Gasteiger partial charge in [0.05, 0.1) is 4.90 Å². The number of sulfonamides is 1. The van der Waals surface area contributed by atoms with E-state index >= 15 is 0 Å². The zero-order chi connectivity index (χ0) is 19.9. The van der Waals surface area contributed by atoms with E-state index in [1.54, 1.807) is 35.6 Å². The van der Waals surface area contributed by atoms with Gasteiger partial charge in [0, 0.05) is 36.6 Å². The number of piperidine rings is 1. The average molecular weight is 469 g/mol. The fraction of sp³-hybridized carbons (Fsp3) is 0.579. The molecule has 0 atom stereocenters. The van der Waals surface area contributed by atoms with Crippen LogP contribution in [0.2, 0.25) is 0 Å². The maximum Gasteiger partial charge on any atom is 0.345 e. The van der Waals surface area contributed by atoms with Crippen LogP contribution in [-0.4, -0.2) is 40.2 Å². The number of hydrogen-bond acceptors (Lipinski definition) is 4. The van der Waals surface area contributed by atoms with Gasteiger partial charge in [0.2, 0.25) is 10.0 Å². The van der Waals surface area contributed by atoms with Crippen LogP contribution in [0.15, 0.2) is 38.4 Å². The Bertz CT molecular complexity index is 999. The number of benzene rings is 1. The van der Waals surface area contributed by atoms with Crippen LogP contribution in [0.5, 0.6) is 0 Å². The molecule has 0 radical (unpaired) electrons. The molecule has 2 aliphatic rings. The van der Waals surface area contributed by atoms with Crippen molar-refractivity contribution in [3.05, 3.63) is 45.0 Å². The van der Waals surface area contributed by atoms with E-state index in [0.717, 1.165) is 36.0 Å². The molecule has 1 aliphatic heterocycles. The van der Waals surface area contributed by atoms with Crippen molar-refractivity contribution in [2.45, 2.75) is 55.4 Å². The Kier molecular flexibility index (Phi) is 5.50. The van der Waals surface area contributed by atoms with E-state index in [-0.39, 0.29) is 17.6 Å². The highest BCUT2D eigenvalue weighted by Crippen LogP contribution is 2.34. The molecule has 152 valence electrons. The molecule has 0 amide bonds. The van der Waals surface area contributed by atoms with Gasteiger partial charge in [0.1, 0.15) is 5.82 Å². The van der Waals surface area contributed by atoms with Crippen molar-refractivity contribution in [1.82, 2.24) is 18.7 Å². The van der Waals surface area contributed by atoms with Crippen molar-refractivity contribution in [3.8, 4) is 0 Å². The van der Waals surface area contributed by atoms with E-state index in [2.05, 4.69) is 21.0 Å². The molecule has 1 saturated heterocycles. The van der Waals surface area contributed by atoms with Gasteiger partial charge in [0.15, 0.2) is 0 Å². The third kappa shape index (κ3) is 3.59. The van der Waals surface area contributed by atoms with Crippen LogP contribution >= 0.6 is 15.9 Å². The summed E-state index contributed by atoms with van der Waals surface area (Å²) in [6.45, 7) is 0.886. The lowest BCUT2D eigenvalue weighted by molar-refractivity contribution is 0.304.